The Morgan fingerprint density at radius 2 is 2.07 bits per heavy atom. The normalized spacial score (nSPS) is 12.0. The fraction of sp³-hybridized carbons (Fsp3) is 0.333. The number of amides is 1. The van der Waals surface area contributed by atoms with Crippen molar-refractivity contribution in [3.05, 3.63) is 46.7 Å². The van der Waals surface area contributed by atoms with Gasteiger partial charge in [0.05, 0.1) is 5.25 Å². The molecule has 0 spiro atoms. The van der Waals surface area contributed by atoms with Gasteiger partial charge in [0.1, 0.15) is 12.4 Å². The molecule has 142 valence electrons. The first-order valence-electron chi connectivity index (χ1n) is 8.40. The number of anilines is 1. The predicted octanol–water partition coefficient (Wildman–Crippen LogP) is 3.59. The summed E-state index contributed by atoms with van der Waals surface area (Å²) in [6, 6.07) is 6.04. The summed E-state index contributed by atoms with van der Waals surface area (Å²) >= 11 is 2.73. The predicted molar refractivity (Wildman–Crippen MR) is 107 cm³/mol. The highest BCUT2D eigenvalue weighted by molar-refractivity contribution is 8.00. The van der Waals surface area contributed by atoms with Gasteiger partial charge in [0.2, 0.25) is 5.91 Å². The Bertz CT molecular complexity index is 904. The standard InChI is InChI=1S/C18H21N5O2S2/c1-11-6-5-7-12(2)15(11)25-10-14-21-22-18(23(14)4)27-13(3)16(24)20-17-19-8-9-26-17/h5-9,13H,10H2,1-4H3,(H,19,20,24). The number of benzene rings is 1. The molecule has 0 bridgehead atoms. The minimum absolute atomic E-state index is 0.119. The van der Waals surface area contributed by atoms with Crippen molar-refractivity contribution >= 4 is 34.1 Å². The zero-order valence-corrected chi connectivity index (χ0v) is 17.2. The molecule has 1 amide bonds. The van der Waals surface area contributed by atoms with Crippen LogP contribution in [0, 0.1) is 13.8 Å². The second kappa shape index (κ2) is 8.53. The van der Waals surface area contributed by atoms with Crippen molar-refractivity contribution in [2.75, 3.05) is 5.32 Å². The van der Waals surface area contributed by atoms with Crippen molar-refractivity contribution in [1.82, 2.24) is 19.7 Å². The number of rotatable bonds is 7. The highest BCUT2D eigenvalue weighted by atomic mass is 32.2. The summed E-state index contributed by atoms with van der Waals surface area (Å²) < 4.78 is 7.80. The minimum atomic E-state index is -0.329. The van der Waals surface area contributed by atoms with Gasteiger partial charge in [-0.1, -0.05) is 30.0 Å². The molecule has 1 aromatic carbocycles. The monoisotopic (exact) mass is 403 g/mol. The third kappa shape index (κ3) is 4.67. The Hall–Kier alpha value is -2.39. The van der Waals surface area contributed by atoms with Crippen LogP contribution in [0.15, 0.2) is 34.9 Å². The Balaban J connectivity index is 1.62. The van der Waals surface area contributed by atoms with E-state index in [0.717, 1.165) is 16.9 Å². The minimum Gasteiger partial charge on any atom is -0.485 e. The molecule has 2 aromatic heterocycles. The van der Waals surface area contributed by atoms with E-state index in [1.54, 1.807) is 6.20 Å². The lowest BCUT2D eigenvalue weighted by molar-refractivity contribution is -0.115. The van der Waals surface area contributed by atoms with E-state index in [-0.39, 0.29) is 11.2 Å². The first-order chi connectivity index (χ1) is 13.0. The van der Waals surface area contributed by atoms with Gasteiger partial charge in [-0.2, -0.15) is 0 Å². The lowest BCUT2D eigenvalue weighted by Crippen LogP contribution is -2.22. The third-order valence-electron chi connectivity index (χ3n) is 3.99. The average Bonchev–Trinajstić information content (AvgIpc) is 3.26. The van der Waals surface area contributed by atoms with Gasteiger partial charge in [0.25, 0.3) is 0 Å². The molecule has 27 heavy (non-hydrogen) atoms. The van der Waals surface area contributed by atoms with Crippen molar-refractivity contribution in [1.29, 1.82) is 0 Å². The molecular weight excluding hydrogens is 382 g/mol. The van der Waals surface area contributed by atoms with E-state index in [0.29, 0.717) is 22.7 Å². The second-order valence-corrected chi connectivity index (χ2v) is 8.26. The Kier molecular flexibility index (Phi) is 6.12. The Morgan fingerprint density at radius 3 is 2.74 bits per heavy atom. The summed E-state index contributed by atoms with van der Waals surface area (Å²) in [6.45, 7) is 6.18. The quantitative estimate of drug-likeness (QED) is 0.607. The summed E-state index contributed by atoms with van der Waals surface area (Å²) in [5, 5.41) is 13.9. The zero-order valence-electron chi connectivity index (χ0n) is 15.6. The fourth-order valence-electron chi connectivity index (χ4n) is 2.44. The molecule has 1 atom stereocenters. The highest BCUT2D eigenvalue weighted by Gasteiger charge is 2.20. The number of aromatic nitrogens is 4. The molecule has 0 aliphatic heterocycles. The fourth-order valence-corrected chi connectivity index (χ4v) is 3.81. The maximum absolute atomic E-state index is 12.3. The summed E-state index contributed by atoms with van der Waals surface area (Å²) in [5.74, 6) is 1.45. The molecule has 0 saturated carbocycles. The van der Waals surface area contributed by atoms with Crippen LogP contribution < -0.4 is 10.1 Å². The lowest BCUT2D eigenvalue weighted by Gasteiger charge is -2.12. The number of carbonyl (C=O) groups excluding carboxylic acids is 1. The van der Waals surface area contributed by atoms with E-state index in [2.05, 4.69) is 20.5 Å². The SMILES string of the molecule is Cc1cccc(C)c1OCc1nnc(SC(C)C(=O)Nc2nccs2)n1C. The van der Waals surface area contributed by atoms with Crippen LogP contribution in [0.5, 0.6) is 5.75 Å². The van der Waals surface area contributed by atoms with Crippen molar-refractivity contribution in [3.63, 3.8) is 0 Å². The number of para-hydroxylation sites is 1. The largest absolute Gasteiger partial charge is 0.485 e. The topological polar surface area (TPSA) is 81.9 Å². The van der Waals surface area contributed by atoms with Crippen LogP contribution in [0.3, 0.4) is 0 Å². The summed E-state index contributed by atoms with van der Waals surface area (Å²) in [7, 11) is 1.87. The number of hydrogen-bond acceptors (Lipinski definition) is 7. The van der Waals surface area contributed by atoms with Crippen molar-refractivity contribution in [2.45, 2.75) is 37.8 Å². The second-order valence-electron chi connectivity index (χ2n) is 6.05. The van der Waals surface area contributed by atoms with Crippen LogP contribution in [0.25, 0.3) is 0 Å². The Morgan fingerprint density at radius 1 is 1.33 bits per heavy atom. The van der Waals surface area contributed by atoms with Crippen LogP contribution in [-0.4, -0.2) is 30.9 Å². The smallest absolute Gasteiger partial charge is 0.239 e. The number of hydrogen-bond donors (Lipinski definition) is 1. The molecule has 0 aliphatic rings. The summed E-state index contributed by atoms with van der Waals surface area (Å²) in [5.41, 5.74) is 2.17. The van der Waals surface area contributed by atoms with Crippen molar-refractivity contribution < 1.29 is 9.53 Å². The molecule has 1 N–H and O–H groups in total. The first-order valence-corrected chi connectivity index (χ1v) is 10.2. The van der Waals surface area contributed by atoms with Gasteiger partial charge in [-0.3, -0.25) is 4.79 Å². The zero-order chi connectivity index (χ0) is 19.4. The van der Waals surface area contributed by atoms with E-state index >= 15 is 0 Å². The van der Waals surface area contributed by atoms with Gasteiger partial charge in [-0.05, 0) is 31.9 Å². The molecular formula is C18H21N5O2S2. The van der Waals surface area contributed by atoms with Crippen LogP contribution in [0.2, 0.25) is 0 Å². The van der Waals surface area contributed by atoms with E-state index < -0.39 is 0 Å². The highest BCUT2D eigenvalue weighted by Crippen LogP contribution is 2.25. The number of nitrogens with one attached hydrogen (secondary N) is 1. The maximum Gasteiger partial charge on any atom is 0.239 e. The van der Waals surface area contributed by atoms with Crippen LogP contribution in [0.1, 0.15) is 23.9 Å². The number of aryl methyl sites for hydroxylation is 2. The van der Waals surface area contributed by atoms with Gasteiger partial charge >= 0.3 is 0 Å². The molecule has 3 aromatic rings. The molecule has 1 unspecified atom stereocenters. The van der Waals surface area contributed by atoms with Crippen molar-refractivity contribution in [3.8, 4) is 5.75 Å². The van der Waals surface area contributed by atoms with E-state index in [1.807, 2.05) is 56.0 Å². The number of thiazole rings is 1. The maximum atomic E-state index is 12.3. The molecule has 3 rings (SSSR count). The number of thioether (sulfide) groups is 1. The van der Waals surface area contributed by atoms with Gasteiger partial charge < -0.3 is 14.6 Å². The third-order valence-corrected chi connectivity index (χ3v) is 5.82. The molecule has 7 nitrogen and oxygen atoms in total. The van der Waals surface area contributed by atoms with Crippen LogP contribution in [0.4, 0.5) is 5.13 Å². The molecule has 0 fully saturated rings. The van der Waals surface area contributed by atoms with E-state index in [1.165, 1.54) is 23.1 Å². The number of ether oxygens (including phenoxy) is 1. The van der Waals surface area contributed by atoms with E-state index in [9.17, 15) is 4.79 Å². The molecule has 9 heteroatoms. The van der Waals surface area contributed by atoms with Gasteiger partial charge in [-0.25, -0.2) is 4.98 Å². The summed E-state index contributed by atoms with van der Waals surface area (Å²) in [6.07, 6.45) is 1.66. The number of carbonyl (C=O) groups is 1. The summed E-state index contributed by atoms with van der Waals surface area (Å²) in [4.78, 5) is 16.3. The molecule has 2 heterocycles. The lowest BCUT2D eigenvalue weighted by atomic mass is 10.1. The average molecular weight is 404 g/mol. The van der Waals surface area contributed by atoms with Crippen LogP contribution >= 0.6 is 23.1 Å². The van der Waals surface area contributed by atoms with Gasteiger partial charge in [0, 0.05) is 18.6 Å². The van der Waals surface area contributed by atoms with Gasteiger partial charge in [-0.15, -0.1) is 21.5 Å². The molecule has 0 aliphatic carbocycles. The Labute approximate surface area is 166 Å². The van der Waals surface area contributed by atoms with Gasteiger partial charge in [0.15, 0.2) is 16.1 Å². The first kappa shape index (κ1) is 19.4. The van der Waals surface area contributed by atoms with Crippen LogP contribution in [-0.2, 0) is 18.4 Å². The van der Waals surface area contributed by atoms with Crippen molar-refractivity contribution in [2.24, 2.45) is 7.05 Å². The van der Waals surface area contributed by atoms with E-state index in [4.69, 9.17) is 4.74 Å². The molecule has 0 radical (unpaired) electrons. The number of nitrogens with zero attached hydrogens (tertiary/aromatic N) is 4. The molecule has 0 saturated heterocycles.